The highest BCUT2D eigenvalue weighted by atomic mass is 32.2. The number of hydrogen-bond acceptors (Lipinski definition) is 5. The topological polar surface area (TPSA) is 72.4 Å². The molecule has 128 valence electrons. The summed E-state index contributed by atoms with van der Waals surface area (Å²) in [6.07, 6.45) is 5.98. The number of nitrogens with zero attached hydrogens (tertiary/aromatic N) is 3. The zero-order valence-corrected chi connectivity index (χ0v) is 14.7. The first-order valence-electron chi connectivity index (χ1n) is 7.97. The Morgan fingerprint density at radius 2 is 1.92 bits per heavy atom. The molecule has 1 fully saturated rings. The van der Waals surface area contributed by atoms with Crippen LogP contribution in [0.3, 0.4) is 0 Å². The number of benzene rings is 1. The van der Waals surface area contributed by atoms with Gasteiger partial charge in [-0.15, -0.1) is 0 Å². The molecule has 1 aliphatic rings. The van der Waals surface area contributed by atoms with Crippen molar-refractivity contribution in [3.05, 3.63) is 47.9 Å². The van der Waals surface area contributed by atoms with Crippen LogP contribution in [0.15, 0.2) is 41.7 Å². The third-order valence-corrected chi connectivity index (χ3v) is 6.23. The molecule has 0 spiro atoms. The zero-order chi connectivity index (χ0) is 17.2. The molecule has 24 heavy (non-hydrogen) atoms. The molecule has 2 heterocycles. The van der Waals surface area contributed by atoms with Gasteiger partial charge in [-0.1, -0.05) is 12.1 Å². The van der Waals surface area contributed by atoms with E-state index < -0.39 is 10.0 Å². The van der Waals surface area contributed by atoms with Crippen LogP contribution in [0.1, 0.15) is 24.0 Å². The Hall–Kier alpha value is -1.99. The van der Waals surface area contributed by atoms with E-state index in [2.05, 4.69) is 9.97 Å². The Kier molecular flexibility index (Phi) is 4.82. The summed E-state index contributed by atoms with van der Waals surface area (Å²) in [6, 6.07) is 5.52. The molecule has 1 aromatic carbocycles. The Morgan fingerprint density at radius 1 is 1.17 bits per heavy atom. The molecule has 7 heteroatoms. The second kappa shape index (κ2) is 6.86. The van der Waals surface area contributed by atoms with Crippen molar-refractivity contribution < 1.29 is 13.2 Å². The van der Waals surface area contributed by atoms with Crippen LogP contribution in [0, 0.1) is 13.8 Å². The van der Waals surface area contributed by atoms with E-state index in [0.29, 0.717) is 36.7 Å². The van der Waals surface area contributed by atoms with Crippen LogP contribution < -0.4 is 4.74 Å². The van der Waals surface area contributed by atoms with E-state index >= 15 is 0 Å². The molecule has 6 nitrogen and oxygen atoms in total. The van der Waals surface area contributed by atoms with Crippen LogP contribution in [0.25, 0.3) is 0 Å². The zero-order valence-electron chi connectivity index (χ0n) is 13.8. The normalized spacial score (nSPS) is 16.9. The largest absolute Gasteiger partial charge is 0.473 e. The number of aryl methyl sites for hydroxylation is 2. The molecular weight excluding hydrogens is 326 g/mol. The number of sulfonamides is 1. The number of rotatable bonds is 4. The van der Waals surface area contributed by atoms with Gasteiger partial charge in [-0.3, -0.25) is 4.98 Å². The van der Waals surface area contributed by atoms with Gasteiger partial charge in [-0.2, -0.15) is 4.31 Å². The summed E-state index contributed by atoms with van der Waals surface area (Å²) in [6.45, 7) is 4.62. The van der Waals surface area contributed by atoms with E-state index in [1.165, 1.54) is 0 Å². The summed E-state index contributed by atoms with van der Waals surface area (Å²) in [5.74, 6) is 0.480. The molecule has 0 amide bonds. The molecule has 3 rings (SSSR count). The van der Waals surface area contributed by atoms with Crippen LogP contribution in [0.4, 0.5) is 0 Å². The van der Waals surface area contributed by atoms with E-state index in [9.17, 15) is 8.42 Å². The quantitative estimate of drug-likeness (QED) is 0.849. The monoisotopic (exact) mass is 347 g/mol. The lowest BCUT2D eigenvalue weighted by Gasteiger charge is -2.31. The SMILES string of the molecule is Cc1ccc(C)c(S(=O)(=O)N2CCC(Oc3cnccn3)CC2)c1. The van der Waals surface area contributed by atoms with Gasteiger partial charge in [0.15, 0.2) is 0 Å². The van der Waals surface area contributed by atoms with Crippen molar-refractivity contribution in [1.82, 2.24) is 14.3 Å². The molecule has 0 aliphatic carbocycles. The predicted octanol–water partition coefficient (Wildman–Crippen LogP) is 2.33. The minimum Gasteiger partial charge on any atom is -0.473 e. The fraction of sp³-hybridized carbons (Fsp3) is 0.412. The van der Waals surface area contributed by atoms with E-state index in [0.717, 1.165) is 11.1 Å². The van der Waals surface area contributed by atoms with Crippen LogP contribution in [0.5, 0.6) is 5.88 Å². The predicted molar refractivity (Wildman–Crippen MR) is 90.4 cm³/mol. The highest BCUT2D eigenvalue weighted by Gasteiger charge is 2.31. The molecule has 2 aromatic rings. The second-order valence-corrected chi connectivity index (χ2v) is 7.94. The second-order valence-electron chi connectivity index (χ2n) is 6.03. The molecule has 0 radical (unpaired) electrons. The van der Waals surface area contributed by atoms with Crippen LogP contribution in [-0.4, -0.2) is 41.9 Å². The highest BCUT2D eigenvalue weighted by molar-refractivity contribution is 7.89. The summed E-state index contributed by atoms with van der Waals surface area (Å²) in [5.41, 5.74) is 1.72. The standard InChI is InChI=1S/C17H21N3O3S/c1-13-3-4-14(2)16(11-13)24(21,22)20-9-5-15(6-10-20)23-17-12-18-7-8-19-17/h3-4,7-8,11-12,15H,5-6,9-10H2,1-2H3. The number of piperidine rings is 1. The average molecular weight is 347 g/mol. The van der Waals surface area contributed by atoms with Crippen molar-refractivity contribution in [3.8, 4) is 5.88 Å². The van der Waals surface area contributed by atoms with Gasteiger partial charge in [0.05, 0.1) is 11.1 Å². The fourth-order valence-electron chi connectivity index (χ4n) is 2.83. The minimum absolute atomic E-state index is 0.0354. The van der Waals surface area contributed by atoms with Gasteiger partial charge in [0, 0.05) is 25.5 Å². The van der Waals surface area contributed by atoms with Gasteiger partial charge in [0.1, 0.15) is 6.10 Å². The maximum atomic E-state index is 12.9. The molecule has 1 saturated heterocycles. The van der Waals surface area contributed by atoms with Gasteiger partial charge in [0.2, 0.25) is 15.9 Å². The summed E-state index contributed by atoms with van der Waals surface area (Å²) in [5, 5.41) is 0. The van der Waals surface area contributed by atoms with Crippen LogP contribution in [0.2, 0.25) is 0 Å². The lowest BCUT2D eigenvalue weighted by Crippen LogP contribution is -2.42. The Bertz CT molecular complexity index is 801. The molecule has 0 bridgehead atoms. The van der Waals surface area contributed by atoms with Gasteiger partial charge in [-0.25, -0.2) is 13.4 Å². The first-order valence-corrected chi connectivity index (χ1v) is 9.41. The van der Waals surface area contributed by atoms with E-state index in [1.807, 2.05) is 26.0 Å². The Balaban J connectivity index is 1.68. The molecule has 0 saturated carbocycles. The van der Waals surface area contributed by atoms with Crippen molar-refractivity contribution in [2.24, 2.45) is 0 Å². The summed E-state index contributed by atoms with van der Waals surface area (Å²) < 4.78 is 33.1. The van der Waals surface area contributed by atoms with Gasteiger partial charge in [0.25, 0.3) is 0 Å². The molecule has 0 N–H and O–H groups in total. The van der Waals surface area contributed by atoms with Gasteiger partial charge >= 0.3 is 0 Å². The van der Waals surface area contributed by atoms with Crippen molar-refractivity contribution in [3.63, 3.8) is 0 Å². The van der Waals surface area contributed by atoms with Gasteiger partial charge in [-0.05, 0) is 43.9 Å². The number of ether oxygens (including phenoxy) is 1. The van der Waals surface area contributed by atoms with Crippen LogP contribution in [-0.2, 0) is 10.0 Å². The maximum absolute atomic E-state index is 12.9. The van der Waals surface area contributed by atoms with Crippen molar-refractivity contribution >= 4 is 10.0 Å². The van der Waals surface area contributed by atoms with Crippen molar-refractivity contribution in [2.45, 2.75) is 37.7 Å². The molecule has 1 aliphatic heterocycles. The number of aromatic nitrogens is 2. The van der Waals surface area contributed by atoms with E-state index in [-0.39, 0.29) is 6.10 Å². The average Bonchev–Trinajstić information content (AvgIpc) is 2.58. The Morgan fingerprint density at radius 3 is 2.58 bits per heavy atom. The number of hydrogen-bond donors (Lipinski definition) is 0. The van der Waals surface area contributed by atoms with Crippen molar-refractivity contribution in [2.75, 3.05) is 13.1 Å². The summed E-state index contributed by atoms with van der Waals surface area (Å²) in [4.78, 5) is 8.46. The molecule has 0 unspecified atom stereocenters. The van der Waals surface area contributed by atoms with Crippen molar-refractivity contribution in [1.29, 1.82) is 0 Å². The lowest BCUT2D eigenvalue weighted by atomic mass is 10.1. The van der Waals surface area contributed by atoms with Gasteiger partial charge < -0.3 is 4.74 Å². The lowest BCUT2D eigenvalue weighted by molar-refractivity contribution is 0.129. The first-order chi connectivity index (χ1) is 11.5. The van der Waals surface area contributed by atoms with E-state index in [1.54, 1.807) is 29.0 Å². The van der Waals surface area contributed by atoms with Crippen LogP contribution >= 0.6 is 0 Å². The molecule has 0 atom stereocenters. The molecule has 1 aromatic heterocycles. The Labute approximate surface area is 142 Å². The highest BCUT2D eigenvalue weighted by Crippen LogP contribution is 2.25. The first kappa shape index (κ1) is 16.9. The minimum atomic E-state index is -3.46. The fourth-order valence-corrected chi connectivity index (χ4v) is 4.61. The third kappa shape index (κ3) is 3.57. The smallest absolute Gasteiger partial charge is 0.243 e. The summed E-state index contributed by atoms with van der Waals surface area (Å²) >= 11 is 0. The maximum Gasteiger partial charge on any atom is 0.243 e. The third-order valence-electron chi connectivity index (χ3n) is 4.19. The molecular formula is C17H21N3O3S. The summed E-state index contributed by atoms with van der Waals surface area (Å²) in [7, 11) is -3.46. The van der Waals surface area contributed by atoms with E-state index in [4.69, 9.17) is 4.74 Å².